The Bertz CT molecular complexity index is 632. The fourth-order valence-electron chi connectivity index (χ4n) is 1.67. The number of benzene rings is 2. The molecule has 0 unspecified atom stereocenters. The summed E-state index contributed by atoms with van der Waals surface area (Å²) in [6.45, 7) is 0. The molecule has 0 radical (unpaired) electrons. The zero-order chi connectivity index (χ0) is 15.8. The summed E-state index contributed by atoms with van der Waals surface area (Å²) in [6, 6.07) is 16.2. The molecule has 0 aliphatic heterocycles. The van der Waals surface area contributed by atoms with Crippen molar-refractivity contribution in [2.45, 2.75) is 5.75 Å². The van der Waals surface area contributed by atoms with E-state index in [-0.39, 0.29) is 17.6 Å². The van der Waals surface area contributed by atoms with Crippen molar-refractivity contribution in [1.29, 1.82) is 0 Å². The Balaban J connectivity index is 1.68. The van der Waals surface area contributed by atoms with E-state index in [2.05, 4.69) is 10.9 Å². The lowest BCUT2D eigenvalue weighted by Gasteiger charge is -2.07. The Labute approximate surface area is 138 Å². The van der Waals surface area contributed by atoms with Crippen molar-refractivity contribution in [1.82, 2.24) is 10.9 Å². The zero-order valence-corrected chi connectivity index (χ0v) is 13.3. The topological polar surface area (TPSA) is 58.2 Å². The lowest BCUT2D eigenvalue weighted by Crippen LogP contribution is -2.42. The summed E-state index contributed by atoms with van der Waals surface area (Å²) >= 11 is 7.27. The molecule has 2 rings (SSSR count). The third-order valence-corrected chi connectivity index (χ3v) is 4.02. The highest BCUT2D eigenvalue weighted by atomic mass is 35.5. The molecule has 2 aromatic rings. The van der Waals surface area contributed by atoms with Crippen molar-refractivity contribution in [2.75, 3.05) is 5.75 Å². The summed E-state index contributed by atoms with van der Waals surface area (Å²) < 4.78 is 0. The molecule has 0 aliphatic rings. The van der Waals surface area contributed by atoms with Crippen LogP contribution in [0.15, 0.2) is 54.6 Å². The minimum absolute atomic E-state index is 0.247. The molecule has 2 amide bonds. The van der Waals surface area contributed by atoms with Gasteiger partial charge in [0.25, 0.3) is 5.91 Å². The average molecular weight is 335 g/mol. The number of hydrazine groups is 1. The van der Waals surface area contributed by atoms with Crippen molar-refractivity contribution in [3.05, 3.63) is 70.7 Å². The second-order valence-electron chi connectivity index (χ2n) is 4.49. The second-order valence-corrected chi connectivity index (χ2v) is 5.91. The van der Waals surface area contributed by atoms with E-state index in [4.69, 9.17) is 11.6 Å². The SMILES string of the molecule is O=C(CSCc1ccc(Cl)cc1)NNC(=O)c1ccccc1. The molecule has 0 spiro atoms. The summed E-state index contributed by atoms with van der Waals surface area (Å²) in [5.74, 6) is 0.384. The van der Waals surface area contributed by atoms with Crippen molar-refractivity contribution in [3.63, 3.8) is 0 Å². The maximum atomic E-state index is 11.7. The largest absolute Gasteiger partial charge is 0.272 e. The van der Waals surface area contributed by atoms with Crippen LogP contribution in [0.1, 0.15) is 15.9 Å². The Kier molecular flexibility index (Phi) is 6.30. The third-order valence-electron chi connectivity index (χ3n) is 2.77. The minimum atomic E-state index is -0.336. The number of nitrogens with one attached hydrogen (secondary N) is 2. The molecular formula is C16H15ClN2O2S. The molecule has 114 valence electrons. The van der Waals surface area contributed by atoms with Gasteiger partial charge in [-0.3, -0.25) is 20.4 Å². The second kappa shape index (κ2) is 8.46. The number of hydrogen-bond donors (Lipinski definition) is 2. The van der Waals surface area contributed by atoms with Crippen LogP contribution in [0, 0.1) is 0 Å². The highest BCUT2D eigenvalue weighted by Crippen LogP contribution is 2.15. The van der Waals surface area contributed by atoms with Gasteiger partial charge in [0.1, 0.15) is 0 Å². The molecule has 0 aliphatic carbocycles. The summed E-state index contributed by atoms with van der Waals surface area (Å²) in [5.41, 5.74) is 6.37. The van der Waals surface area contributed by atoms with E-state index in [0.717, 1.165) is 5.56 Å². The van der Waals surface area contributed by atoms with Gasteiger partial charge in [-0.25, -0.2) is 0 Å². The first kappa shape index (κ1) is 16.4. The van der Waals surface area contributed by atoms with E-state index in [1.54, 1.807) is 24.3 Å². The lowest BCUT2D eigenvalue weighted by molar-refractivity contribution is -0.119. The van der Waals surface area contributed by atoms with Gasteiger partial charge >= 0.3 is 0 Å². The van der Waals surface area contributed by atoms with Gasteiger partial charge in [-0.15, -0.1) is 11.8 Å². The predicted octanol–water partition coefficient (Wildman–Crippen LogP) is 3.03. The molecular weight excluding hydrogens is 320 g/mol. The van der Waals surface area contributed by atoms with E-state index in [1.165, 1.54) is 11.8 Å². The molecule has 0 saturated heterocycles. The Morgan fingerprint density at radius 2 is 1.64 bits per heavy atom. The number of amides is 2. The predicted molar refractivity (Wildman–Crippen MR) is 89.7 cm³/mol. The van der Waals surface area contributed by atoms with Crippen molar-refractivity contribution in [3.8, 4) is 0 Å². The quantitative estimate of drug-likeness (QED) is 0.826. The highest BCUT2D eigenvalue weighted by Gasteiger charge is 2.06. The van der Waals surface area contributed by atoms with Gasteiger partial charge in [0, 0.05) is 16.3 Å². The maximum Gasteiger partial charge on any atom is 0.269 e. The Morgan fingerprint density at radius 1 is 0.955 bits per heavy atom. The Morgan fingerprint density at radius 3 is 2.32 bits per heavy atom. The molecule has 0 heterocycles. The van der Waals surface area contributed by atoms with Crippen LogP contribution in [-0.4, -0.2) is 17.6 Å². The van der Waals surface area contributed by atoms with Crippen LogP contribution >= 0.6 is 23.4 Å². The zero-order valence-electron chi connectivity index (χ0n) is 11.7. The van der Waals surface area contributed by atoms with Gasteiger partial charge in [0.05, 0.1) is 5.75 Å². The number of thioether (sulfide) groups is 1. The molecule has 0 fully saturated rings. The van der Waals surface area contributed by atoms with Crippen LogP contribution in [-0.2, 0) is 10.5 Å². The van der Waals surface area contributed by atoms with Gasteiger partial charge in [0.2, 0.25) is 5.91 Å². The third kappa shape index (κ3) is 5.42. The first-order chi connectivity index (χ1) is 10.6. The lowest BCUT2D eigenvalue weighted by atomic mass is 10.2. The minimum Gasteiger partial charge on any atom is -0.272 e. The fraction of sp³-hybridized carbons (Fsp3) is 0.125. The summed E-state index contributed by atoms with van der Waals surface area (Å²) in [6.07, 6.45) is 0. The summed E-state index contributed by atoms with van der Waals surface area (Å²) in [5, 5.41) is 0.690. The molecule has 2 N–H and O–H groups in total. The number of carbonyl (C=O) groups excluding carboxylic acids is 2. The van der Waals surface area contributed by atoms with Gasteiger partial charge < -0.3 is 0 Å². The van der Waals surface area contributed by atoms with E-state index >= 15 is 0 Å². The fourth-order valence-corrected chi connectivity index (χ4v) is 2.58. The van der Waals surface area contributed by atoms with Crippen molar-refractivity contribution in [2.24, 2.45) is 0 Å². The van der Waals surface area contributed by atoms with Crippen molar-refractivity contribution >= 4 is 35.2 Å². The highest BCUT2D eigenvalue weighted by molar-refractivity contribution is 7.99. The first-order valence-electron chi connectivity index (χ1n) is 6.61. The average Bonchev–Trinajstić information content (AvgIpc) is 2.55. The monoisotopic (exact) mass is 334 g/mol. The summed E-state index contributed by atoms with van der Waals surface area (Å²) in [7, 11) is 0. The van der Waals surface area contributed by atoms with Crippen LogP contribution in [0.4, 0.5) is 0 Å². The van der Waals surface area contributed by atoms with Gasteiger partial charge in [0.15, 0.2) is 0 Å². The molecule has 0 atom stereocenters. The van der Waals surface area contributed by atoms with Gasteiger partial charge in [-0.2, -0.15) is 0 Å². The van der Waals surface area contributed by atoms with Gasteiger partial charge in [-0.1, -0.05) is 41.9 Å². The standard InChI is InChI=1S/C16H15ClN2O2S/c17-14-8-6-12(7-9-14)10-22-11-15(20)18-19-16(21)13-4-2-1-3-5-13/h1-9H,10-11H2,(H,18,20)(H,19,21). The molecule has 22 heavy (non-hydrogen) atoms. The van der Waals surface area contributed by atoms with Crippen LogP contribution in [0.5, 0.6) is 0 Å². The Hall–Kier alpha value is -1.98. The molecule has 0 aromatic heterocycles. The van der Waals surface area contributed by atoms with E-state index in [0.29, 0.717) is 16.3 Å². The molecule has 0 bridgehead atoms. The van der Waals surface area contributed by atoms with Crippen LogP contribution in [0.3, 0.4) is 0 Å². The molecule has 0 saturated carbocycles. The van der Waals surface area contributed by atoms with E-state index < -0.39 is 0 Å². The number of rotatable bonds is 5. The van der Waals surface area contributed by atoms with Crippen LogP contribution in [0.25, 0.3) is 0 Å². The molecule has 6 heteroatoms. The van der Waals surface area contributed by atoms with Crippen LogP contribution in [0.2, 0.25) is 5.02 Å². The number of carbonyl (C=O) groups is 2. The first-order valence-corrected chi connectivity index (χ1v) is 8.15. The number of halogens is 1. The maximum absolute atomic E-state index is 11.7. The van der Waals surface area contributed by atoms with Crippen molar-refractivity contribution < 1.29 is 9.59 Å². The molecule has 2 aromatic carbocycles. The summed E-state index contributed by atoms with van der Waals surface area (Å²) in [4.78, 5) is 23.4. The van der Waals surface area contributed by atoms with E-state index in [1.807, 2.05) is 30.3 Å². The van der Waals surface area contributed by atoms with E-state index in [9.17, 15) is 9.59 Å². The van der Waals surface area contributed by atoms with Crippen LogP contribution < -0.4 is 10.9 Å². The molecule has 4 nitrogen and oxygen atoms in total. The number of hydrogen-bond acceptors (Lipinski definition) is 3. The normalized spacial score (nSPS) is 10.0. The smallest absolute Gasteiger partial charge is 0.269 e. The van der Waals surface area contributed by atoms with Gasteiger partial charge in [-0.05, 0) is 29.8 Å².